The SMILES string of the molecule is CCn1cc(NC(=O)CCc2cnn(-c3ccc(O)cc3)c2C(C)C)cc1C(=O)O. The number of carbonyl (C=O) groups excluding carboxylic acids is 1. The number of rotatable bonds is 8. The number of aromatic hydroxyl groups is 1. The minimum absolute atomic E-state index is 0.144. The number of anilines is 1. The van der Waals surface area contributed by atoms with Crippen LogP contribution < -0.4 is 5.32 Å². The van der Waals surface area contributed by atoms with Crippen molar-refractivity contribution in [2.75, 3.05) is 5.32 Å². The largest absolute Gasteiger partial charge is 0.508 e. The molecular formula is C22H26N4O4. The van der Waals surface area contributed by atoms with Gasteiger partial charge in [0.1, 0.15) is 11.4 Å². The van der Waals surface area contributed by atoms with Gasteiger partial charge < -0.3 is 20.1 Å². The van der Waals surface area contributed by atoms with Crippen molar-refractivity contribution in [3.05, 3.63) is 59.7 Å². The van der Waals surface area contributed by atoms with Crippen LogP contribution in [0.1, 0.15) is 54.9 Å². The van der Waals surface area contributed by atoms with Gasteiger partial charge in [0.25, 0.3) is 0 Å². The van der Waals surface area contributed by atoms with Crippen LogP contribution in [0.4, 0.5) is 5.69 Å². The molecule has 2 aromatic heterocycles. The number of aromatic carboxylic acids is 1. The first-order valence-electron chi connectivity index (χ1n) is 9.89. The van der Waals surface area contributed by atoms with Crippen LogP contribution in [0.2, 0.25) is 0 Å². The fraction of sp³-hybridized carbons (Fsp3) is 0.318. The van der Waals surface area contributed by atoms with Gasteiger partial charge in [0.2, 0.25) is 5.91 Å². The molecule has 2 heterocycles. The Morgan fingerprint density at radius 3 is 2.47 bits per heavy atom. The molecule has 0 spiro atoms. The van der Waals surface area contributed by atoms with E-state index in [9.17, 15) is 19.8 Å². The molecule has 0 bridgehead atoms. The number of aromatic nitrogens is 3. The maximum atomic E-state index is 12.4. The summed E-state index contributed by atoms with van der Waals surface area (Å²) < 4.78 is 3.41. The van der Waals surface area contributed by atoms with Crippen LogP contribution in [0.3, 0.4) is 0 Å². The summed E-state index contributed by atoms with van der Waals surface area (Å²) in [4.78, 5) is 23.7. The highest BCUT2D eigenvalue weighted by Crippen LogP contribution is 2.25. The molecule has 3 N–H and O–H groups in total. The van der Waals surface area contributed by atoms with E-state index in [2.05, 4.69) is 24.3 Å². The zero-order chi connectivity index (χ0) is 21.8. The van der Waals surface area contributed by atoms with Crippen LogP contribution in [0, 0.1) is 0 Å². The lowest BCUT2D eigenvalue weighted by Gasteiger charge is -2.13. The molecule has 0 unspecified atom stereocenters. The molecule has 3 rings (SSSR count). The number of carbonyl (C=O) groups is 2. The summed E-state index contributed by atoms with van der Waals surface area (Å²) in [5.74, 6) is -0.833. The topological polar surface area (TPSA) is 109 Å². The first-order chi connectivity index (χ1) is 14.3. The van der Waals surface area contributed by atoms with Crippen molar-refractivity contribution >= 4 is 17.6 Å². The Morgan fingerprint density at radius 2 is 1.90 bits per heavy atom. The Morgan fingerprint density at radius 1 is 1.20 bits per heavy atom. The van der Waals surface area contributed by atoms with E-state index in [1.807, 2.05) is 11.6 Å². The zero-order valence-corrected chi connectivity index (χ0v) is 17.3. The average molecular weight is 410 g/mol. The number of hydrogen-bond acceptors (Lipinski definition) is 4. The van der Waals surface area contributed by atoms with Crippen LogP contribution in [-0.4, -0.2) is 36.4 Å². The van der Waals surface area contributed by atoms with Gasteiger partial charge in [-0.1, -0.05) is 13.8 Å². The van der Waals surface area contributed by atoms with Crippen molar-refractivity contribution < 1.29 is 19.8 Å². The van der Waals surface area contributed by atoms with Gasteiger partial charge in [-0.15, -0.1) is 0 Å². The Kier molecular flexibility index (Phi) is 6.25. The van der Waals surface area contributed by atoms with Crippen molar-refractivity contribution in [3.8, 4) is 11.4 Å². The van der Waals surface area contributed by atoms with Gasteiger partial charge in [0, 0.05) is 24.9 Å². The van der Waals surface area contributed by atoms with Crippen LogP contribution in [-0.2, 0) is 17.8 Å². The van der Waals surface area contributed by atoms with Gasteiger partial charge in [-0.2, -0.15) is 5.10 Å². The van der Waals surface area contributed by atoms with Crippen molar-refractivity contribution in [3.63, 3.8) is 0 Å². The molecule has 0 saturated heterocycles. The maximum Gasteiger partial charge on any atom is 0.352 e. The van der Waals surface area contributed by atoms with E-state index >= 15 is 0 Å². The molecule has 0 aliphatic heterocycles. The maximum absolute atomic E-state index is 12.4. The van der Waals surface area contributed by atoms with Gasteiger partial charge in [-0.25, -0.2) is 9.48 Å². The second kappa shape index (κ2) is 8.86. The van der Waals surface area contributed by atoms with E-state index in [1.54, 1.807) is 41.2 Å². The number of carboxylic acid groups (broad SMARTS) is 1. The standard InChI is InChI=1S/C22H26N4O4/c1-4-25-13-16(11-19(25)22(29)30)24-20(28)10-5-15-12-23-26(21(15)14(2)3)17-6-8-18(27)9-7-17/h6-9,11-14,27H,4-5,10H2,1-3H3,(H,24,28)(H,29,30). The van der Waals surface area contributed by atoms with Crippen molar-refractivity contribution in [1.29, 1.82) is 0 Å². The molecule has 158 valence electrons. The van der Waals surface area contributed by atoms with Gasteiger partial charge in [-0.05, 0) is 55.2 Å². The molecule has 1 amide bonds. The molecule has 1 aromatic carbocycles. The highest BCUT2D eigenvalue weighted by atomic mass is 16.4. The summed E-state index contributed by atoms with van der Waals surface area (Å²) in [5, 5.41) is 26.0. The molecule has 3 aromatic rings. The number of carboxylic acids is 1. The number of nitrogens with one attached hydrogen (secondary N) is 1. The molecular weight excluding hydrogens is 384 g/mol. The summed E-state index contributed by atoms with van der Waals surface area (Å²) in [7, 11) is 0. The number of hydrogen-bond donors (Lipinski definition) is 3. The number of nitrogens with zero attached hydrogens (tertiary/aromatic N) is 3. The molecule has 8 heteroatoms. The third kappa shape index (κ3) is 4.53. The lowest BCUT2D eigenvalue weighted by molar-refractivity contribution is -0.116. The summed E-state index contributed by atoms with van der Waals surface area (Å²) >= 11 is 0. The van der Waals surface area contributed by atoms with Crippen molar-refractivity contribution in [1.82, 2.24) is 14.3 Å². The predicted octanol–water partition coefficient (Wildman–Crippen LogP) is 3.79. The summed E-state index contributed by atoms with van der Waals surface area (Å²) in [6.45, 7) is 6.49. The number of amides is 1. The first-order valence-corrected chi connectivity index (χ1v) is 9.89. The van der Waals surface area contributed by atoms with Crippen LogP contribution in [0.15, 0.2) is 42.7 Å². The second-order valence-corrected chi connectivity index (χ2v) is 7.39. The number of phenols is 1. The third-order valence-corrected chi connectivity index (χ3v) is 4.89. The lowest BCUT2D eigenvalue weighted by Crippen LogP contribution is -2.13. The van der Waals surface area contributed by atoms with E-state index in [1.165, 1.54) is 6.07 Å². The lowest BCUT2D eigenvalue weighted by atomic mass is 10.0. The van der Waals surface area contributed by atoms with Gasteiger partial charge in [0.15, 0.2) is 0 Å². The number of phenolic OH excluding ortho intramolecular Hbond substituents is 1. The van der Waals surface area contributed by atoms with Crippen LogP contribution in [0.25, 0.3) is 5.69 Å². The zero-order valence-electron chi connectivity index (χ0n) is 17.3. The number of aryl methyl sites for hydroxylation is 2. The Labute approximate surface area is 174 Å². The van der Waals surface area contributed by atoms with E-state index in [0.29, 0.717) is 18.7 Å². The summed E-state index contributed by atoms with van der Waals surface area (Å²) in [6.07, 6.45) is 4.16. The highest BCUT2D eigenvalue weighted by Gasteiger charge is 2.17. The van der Waals surface area contributed by atoms with Crippen molar-refractivity contribution in [2.45, 2.75) is 46.1 Å². The van der Waals surface area contributed by atoms with Gasteiger partial charge >= 0.3 is 5.97 Å². The quantitative estimate of drug-likeness (QED) is 0.523. The molecule has 0 atom stereocenters. The summed E-state index contributed by atoms with van der Waals surface area (Å²) in [6, 6.07) is 8.28. The minimum Gasteiger partial charge on any atom is -0.508 e. The highest BCUT2D eigenvalue weighted by molar-refractivity contribution is 5.93. The monoisotopic (exact) mass is 410 g/mol. The fourth-order valence-corrected chi connectivity index (χ4v) is 3.49. The van der Waals surface area contributed by atoms with Gasteiger partial charge in [0.05, 0.1) is 17.6 Å². The predicted molar refractivity (Wildman–Crippen MR) is 113 cm³/mol. The first kappa shape index (κ1) is 21.2. The summed E-state index contributed by atoms with van der Waals surface area (Å²) in [5.41, 5.74) is 3.45. The molecule has 0 radical (unpaired) electrons. The van der Waals surface area contributed by atoms with E-state index in [4.69, 9.17) is 0 Å². The molecule has 0 aliphatic carbocycles. The molecule has 0 saturated carbocycles. The second-order valence-electron chi connectivity index (χ2n) is 7.39. The number of benzene rings is 1. The Bertz CT molecular complexity index is 1050. The van der Waals surface area contributed by atoms with Gasteiger partial charge in [-0.3, -0.25) is 4.79 Å². The Hall–Kier alpha value is -3.55. The third-order valence-electron chi connectivity index (χ3n) is 4.89. The normalized spacial score (nSPS) is 11.1. The molecule has 8 nitrogen and oxygen atoms in total. The van der Waals surface area contributed by atoms with Crippen molar-refractivity contribution in [2.24, 2.45) is 0 Å². The van der Waals surface area contributed by atoms with E-state index in [-0.39, 0.29) is 29.7 Å². The smallest absolute Gasteiger partial charge is 0.352 e. The average Bonchev–Trinajstić information content (AvgIpc) is 3.31. The molecule has 0 fully saturated rings. The van der Waals surface area contributed by atoms with E-state index < -0.39 is 5.97 Å². The van der Waals surface area contributed by atoms with E-state index in [0.717, 1.165) is 16.9 Å². The fourth-order valence-electron chi connectivity index (χ4n) is 3.49. The molecule has 30 heavy (non-hydrogen) atoms. The van der Waals surface area contributed by atoms with Crippen LogP contribution in [0.5, 0.6) is 5.75 Å². The minimum atomic E-state index is -1.03. The Balaban J connectivity index is 1.72. The molecule has 0 aliphatic rings. The van der Waals surface area contributed by atoms with Crippen LogP contribution >= 0.6 is 0 Å².